The third-order valence-corrected chi connectivity index (χ3v) is 1.97. The lowest BCUT2D eigenvalue weighted by Crippen LogP contribution is -2.22. The summed E-state index contributed by atoms with van der Waals surface area (Å²) < 4.78 is 5.74. The van der Waals surface area contributed by atoms with Crippen molar-refractivity contribution in [1.29, 1.82) is 0 Å². The van der Waals surface area contributed by atoms with Gasteiger partial charge in [0.15, 0.2) is 0 Å². The summed E-state index contributed by atoms with van der Waals surface area (Å²) in [6, 6.07) is 8.35. The van der Waals surface area contributed by atoms with Gasteiger partial charge in [0.2, 0.25) is 0 Å². The molecule has 0 aliphatic rings. The highest BCUT2D eigenvalue weighted by Crippen LogP contribution is 2.21. The Morgan fingerprint density at radius 3 is 1.86 bits per heavy atom. The Bertz CT molecular complexity index is 277. The maximum atomic E-state index is 5.74. The summed E-state index contributed by atoms with van der Waals surface area (Å²) in [5, 5.41) is 0. The Morgan fingerprint density at radius 2 is 1.50 bits per heavy atom. The molecule has 78 valence electrons. The molecule has 14 heavy (non-hydrogen) atoms. The Kier molecular flexibility index (Phi) is 3.20. The van der Waals surface area contributed by atoms with Gasteiger partial charge in [0.05, 0.1) is 0 Å². The average Bonchev–Trinajstić information content (AvgIpc) is 2.02. The fraction of sp³-hybridized carbons (Fsp3) is 0.538. The summed E-state index contributed by atoms with van der Waals surface area (Å²) in [6.45, 7) is 10.6. The topological polar surface area (TPSA) is 9.23 Å². The van der Waals surface area contributed by atoms with E-state index in [9.17, 15) is 0 Å². The fourth-order valence-electron chi connectivity index (χ4n) is 1.27. The first-order valence-corrected chi connectivity index (χ1v) is 5.17. The van der Waals surface area contributed by atoms with Crippen LogP contribution in [0.15, 0.2) is 24.3 Å². The van der Waals surface area contributed by atoms with Crippen LogP contribution in [0.25, 0.3) is 0 Å². The zero-order chi connectivity index (χ0) is 10.8. The number of rotatable bonds is 2. The Hall–Kier alpha value is -0.980. The summed E-state index contributed by atoms with van der Waals surface area (Å²) >= 11 is 0. The van der Waals surface area contributed by atoms with Crippen molar-refractivity contribution in [3.8, 4) is 5.75 Å². The van der Waals surface area contributed by atoms with Crippen molar-refractivity contribution in [2.45, 2.75) is 46.1 Å². The van der Waals surface area contributed by atoms with Gasteiger partial charge in [0, 0.05) is 0 Å². The van der Waals surface area contributed by atoms with Crippen LogP contribution in [0.4, 0.5) is 0 Å². The van der Waals surface area contributed by atoms with Crippen LogP contribution >= 0.6 is 0 Å². The normalized spacial score (nSPS) is 11.9. The first kappa shape index (κ1) is 11.1. The second-order valence-corrected chi connectivity index (χ2v) is 4.94. The van der Waals surface area contributed by atoms with Gasteiger partial charge in [-0.1, -0.05) is 26.0 Å². The van der Waals surface area contributed by atoms with Crippen molar-refractivity contribution < 1.29 is 4.74 Å². The van der Waals surface area contributed by atoms with Crippen LogP contribution < -0.4 is 4.74 Å². The zero-order valence-corrected chi connectivity index (χ0v) is 9.79. The van der Waals surface area contributed by atoms with E-state index >= 15 is 0 Å². The van der Waals surface area contributed by atoms with E-state index in [4.69, 9.17) is 4.74 Å². The second-order valence-electron chi connectivity index (χ2n) is 4.94. The molecule has 1 rings (SSSR count). The van der Waals surface area contributed by atoms with Crippen LogP contribution in [0, 0.1) is 0 Å². The quantitative estimate of drug-likeness (QED) is 0.688. The first-order chi connectivity index (χ1) is 6.38. The predicted octanol–water partition coefficient (Wildman–Crippen LogP) is 3.99. The Morgan fingerprint density at radius 1 is 1.00 bits per heavy atom. The highest BCUT2D eigenvalue weighted by Gasteiger charge is 2.11. The van der Waals surface area contributed by atoms with Crippen LogP contribution in [0.2, 0.25) is 0 Å². The summed E-state index contributed by atoms with van der Waals surface area (Å²) in [6.07, 6.45) is 0. The SMILES string of the molecule is CC(C)c1ccc(OC(C)(C)C)cc1. The molecule has 0 aromatic heterocycles. The molecule has 0 aliphatic heterocycles. The van der Waals surface area contributed by atoms with Crippen molar-refractivity contribution in [1.82, 2.24) is 0 Å². The molecule has 0 fully saturated rings. The van der Waals surface area contributed by atoms with Gasteiger partial charge in [-0.15, -0.1) is 0 Å². The van der Waals surface area contributed by atoms with Crippen LogP contribution in [0.5, 0.6) is 5.75 Å². The molecule has 0 aliphatic carbocycles. The minimum Gasteiger partial charge on any atom is -0.488 e. The Balaban J connectivity index is 2.74. The molecular formula is C13H20O. The molecule has 0 saturated heterocycles. The van der Waals surface area contributed by atoms with E-state index in [1.165, 1.54) is 5.56 Å². The van der Waals surface area contributed by atoms with Crippen LogP contribution in [-0.2, 0) is 0 Å². The highest BCUT2D eigenvalue weighted by atomic mass is 16.5. The number of hydrogen-bond acceptors (Lipinski definition) is 1. The summed E-state index contributed by atoms with van der Waals surface area (Å²) in [5.41, 5.74) is 1.24. The van der Waals surface area contributed by atoms with Gasteiger partial charge in [-0.2, -0.15) is 0 Å². The molecule has 1 aromatic rings. The zero-order valence-electron chi connectivity index (χ0n) is 9.79. The largest absolute Gasteiger partial charge is 0.488 e. The molecule has 0 bridgehead atoms. The first-order valence-electron chi connectivity index (χ1n) is 5.17. The number of ether oxygens (including phenoxy) is 1. The lowest BCUT2D eigenvalue weighted by atomic mass is 10.0. The minimum absolute atomic E-state index is 0.112. The fourth-order valence-corrected chi connectivity index (χ4v) is 1.27. The van der Waals surface area contributed by atoms with Crippen LogP contribution in [0.3, 0.4) is 0 Å². The molecule has 0 atom stereocenters. The van der Waals surface area contributed by atoms with E-state index in [1.54, 1.807) is 0 Å². The predicted molar refractivity (Wildman–Crippen MR) is 60.9 cm³/mol. The van der Waals surface area contributed by atoms with Gasteiger partial charge >= 0.3 is 0 Å². The smallest absolute Gasteiger partial charge is 0.120 e. The summed E-state index contributed by atoms with van der Waals surface area (Å²) in [5.74, 6) is 1.53. The molecular weight excluding hydrogens is 172 g/mol. The molecule has 0 N–H and O–H groups in total. The molecule has 1 nitrogen and oxygen atoms in total. The summed E-state index contributed by atoms with van der Waals surface area (Å²) in [4.78, 5) is 0. The van der Waals surface area contributed by atoms with E-state index in [-0.39, 0.29) is 5.60 Å². The lowest BCUT2D eigenvalue weighted by Gasteiger charge is -2.21. The van der Waals surface area contributed by atoms with E-state index in [0.717, 1.165) is 5.75 Å². The van der Waals surface area contributed by atoms with E-state index in [1.807, 2.05) is 12.1 Å². The van der Waals surface area contributed by atoms with Gasteiger partial charge in [0.1, 0.15) is 11.4 Å². The standard InChI is InChI=1S/C13H20O/c1-10(2)11-6-8-12(9-7-11)14-13(3,4)5/h6-10H,1-5H3. The molecule has 0 radical (unpaired) electrons. The lowest BCUT2D eigenvalue weighted by molar-refractivity contribution is 0.131. The minimum atomic E-state index is -0.112. The van der Waals surface area contributed by atoms with E-state index < -0.39 is 0 Å². The van der Waals surface area contributed by atoms with Crippen molar-refractivity contribution >= 4 is 0 Å². The number of benzene rings is 1. The molecule has 1 aromatic carbocycles. The van der Waals surface area contributed by atoms with Gasteiger partial charge in [-0.25, -0.2) is 0 Å². The van der Waals surface area contributed by atoms with Crippen molar-refractivity contribution in [3.63, 3.8) is 0 Å². The molecule has 1 heteroatoms. The second kappa shape index (κ2) is 4.04. The number of hydrogen-bond donors (Lipinski definition) is 0. The maximum absolute atomic E-state index is 5.74. The monoisotopic (exact) mass is 192 g/mol. The van der Waals surface area contributed by atoms with Gasteiger partial charge in [0.25, 0.3) is 0 Å². The van der Waals surface area contributed by atoms with Crippen molar-refractivity contribution in [2.24, 2.45) is 0 Å². The maximum Gasteiger partial charge on any atom is 0.120 e. The average molecular weight is 192 g/mol. The van der Waals surface area contributed by atoms with Crippen molar-refractivity contribution in [3.05, 3.63) is 29.8 Å². The van der Waals surface area contributed by atoms with Gasteiger partial charge in [-0.3, -0.25) is 0 Å². The van der Waals surface area contributed by atoms with Crippen LogP contribution in [-0.4, -0.2) is 5.60 Å². The Labute approximate surface area is 87.1 Å². The van der Waals surface area contributed by atoms with Gasteiger partial charge in [-0.05, 0) is 44.4 Å². The highest BCUT2D eigenvalue weighted by molar-refractivity contribution is 5.29. The molecule has 0 heterocycles. The van der Waals surface area contributed by atoms with Crippen molar-refractivity contribution in [2.75, 3.05) is 0 Å². The van der Waals surface area contributed by atoms with Gasteiger partial charge < -0.3 is 4.74 Å². The third-order valence-electron chi connectivity index (χ3n) is 1.97. The molecule has 0 unspecified atom stereocenters. The summed E-state index contributed by atoms with van der Waals surface area (Å²) in [7, 11) is 0. The van der Waals surface area contributed by atoms with E-state index in [0.29, 0.717) is 5.92 Å². The molecule has 0 amide bonds. The molecule has 0 saturated carbocycles. The van der Waals surface area contributed by atoms with E-state index in [2.05, 4.69) is 46.8 Å². The third kappa shape index (κ3) is 3.41. The molecule has 0 spiro atoms. The van der Waals surface area contributed by atoms with Crippen LogP contribution in [0.1, 0.15) is 46.1 Å².